The molecule has 0 aromatic carbocycles. The van der Waals surface area contributed by atoms with Gasteiger partial charge in [-0.25, -0.2) is 0 Å². The number of carboxylic acid groups (broad SMARTS) is 1. The SMILES string of the molecule is [2H]C[C@]12CC=CC(C)(C(=O)O)[C@@H]1CC[C@@]13C[C@@H](CO)[C@H](CC[C@@H]12)C3. The molecule has 128 valence electrons. The van der Waals surface area contributed by atoms with Gasteiger partial charge in [0.2, 0.25) is 0 Å². The van der Waals surface area contributed by atoms with Crippen LogP contribution in [0.5, 0.6) is 0 Å². The Balaban J connectivity index is 1.77. The second-order valence-electron chi connectivity index (χ2n) is 9.12. The van der Waals surface area contributed by atoms with E-state index in [4.69, 9.17) is 1.37 Å². The fourth-order valence-corrected chi connectivity index (χ4v) is 7.26. The van der Waals surface area contributed by atoms with Gasteiger partial charge < -0.3 is 10.2 Å². The van der Waals surface area contributed by atoms with Crippen molar-refractivity contribution in [3.8, 4) is 0 Å². The summed E-state index contributed by atoms with van der Waals surface area (Å²) in [4.78, 5) is 12.1. The van der Waals surface area contributed by atoms with E-state index >= 15 is 0 Å². The zero-order chi connectivity index (χ0) is 17.2. The lowest BCUT2D eigenvalue weighted by Crippen LogP contribution is -2.57. The molecule has 1 spiro atoms. The minimum atomic E-state index is -0.827. The Morgan fingerprint density at radius 3 is 2.83 bits per heavy atom. The quantitative estimate of drug-likeness (QED) is 0.760. The number of aliphatic carboxylic acids is 1. The summed E-state index contributed by atoms with van der Waals surface area (Å²) in [6.07, 6.45) is 11.4. The second-order valence-corrected chi connectivity index (χ2v) is 9.12. The van der Waals surface area contributed by atoms with Crippen LogP contribution in [-0.4, -0.2) is 22.8 Å². The summed E-state index contributed by atoms with van der Waals surface area (Å²) in [5.74, 6) is 0.878. The van der Waals surface area contributed by atoms with Crippen LogP contribution in [0.2, 0.25) is 0 Å². The molecule has 7 atom stereocenters. The lowest BCUT2D eigenvalue weighted by atomic mass is 9.42. The van der Waals surface area contributed by atoms with Gasteiger partial charge in [0.05, 0.1) is 5.41 Å². The molecule has 2 bridgehead atoms. The maximum absolute atomic E-state index is 12.1. The van der Waals surface area contributed by atoms with Crippen LogP contribution in [0.25, 0.3) is 0 Å². The van der Waals surface area contributed by atoms with Gasteiger partial charge in [-0.05, 0) is 86.4 Å². The van der Waals surface area contributed by atoms with Crippen molar-refractivity contribution in [2.75, 3.05) is 6.61 Å². The van der Waals surface area contributed by atoms with Gasteiger partial charge in [0, 0.05) is 7.98 Å². The molecule has 4 rings (SSSR count). The van der Waals surface area contributed by atoms with Gasteiger partial charge >= 0.3 is 5.97 Å². The molecule has 3 nitrogen and oxygen atoms in total. The standard InChI is InChI=1S/C20H30O3/c1-18-7-3-8-19(2,17(22)23)15(18)6-9-20-10-13(4-5-16(18)20)14(11-20)12-21/h3,8,13-16,21H,4-7,9-12H2,1-2H3,(H,22,23)/t13-,14+,15-,16-,18+,19?,20-/m1/s1/i1D. The number of hydrogen-bond donors (Lipinski definition) is 2. The van der Waals surface area contributed by atoms with E-state index in [9.17, 15) is 15.0 Å². The lowest BCUT2D eigenvalue weighted by molar-refractivity contribution is -0.164. The van der Waals surface area contributed by atoms with Crippen molar-refractivity contribution >= 4 is 5.97 Å². The van der Waals surface area contributed by atoms with Crippen LogP contribution in [0, 0.1) is 39.9 Å². The van der Waals surface area contributed by atoms with E-state index in [0.29, 0.717) is 31.3 Å². The summed E-state index contributed by atoms with van der Waals surface area (Å²) in [6, 6.07) is 0. The third-order valence-electron chi connectivity index (χ3n) is 8.27. The van der Waals surface area contributed by atoms with Crippen molar-refractivity contribution in [1.82, 2.24) is 0 Å². The highest BCUT2D eigenvalue weighted by Crippen LogP contribution is 2.71. The molecule has 0 aliphatic heterocycles. The first-order chi connectivity index (χ1) is 11.4. The van der Waals surface area contributed by atoms with Crippen LogP contribution in [-0.2, 0) is 4.79 Å². The second kappa shape index (κ2) is 4.84. The van der Waals surface area contributed by atoms with Crippen molar-refractivity contribution in [1.29, 1.82) is 0 Å². The summed E-state index contributed by atoms with van der Waals surface area (Å²) in [5.41, 5.74) is -0.749. The van der Waals surface area contributed by atoms with E-state index in [-0.39, 0.29) is 16.7 Å². The van der Waals surface area contributed by atoms with Crippen LogP contribution in [0.1, 0.15) is 60.1 Å². The normalized spacial score (nSPS) is 55.0. The van der Waals surface area contributed by atoms with E-state index in [1.807, 2.05) is 13.0 Å². The van der Waals surface area contributed by atoms with E-state index in [0.717, 1.165) is 38.5 Å². The zero-order valence-electron chi connectivity index (χ0n) is 15.1. The average Bonchev–Trinajstić information content (AvgIpc) is 2.84. The first-order valence-electron chi connectivity index (χ1n) is 9.94. The Kier molecular flexibility index (Phi) is 3.05. The Morgan fingerprint density at radius 1 is 1.30 bits per heavy atom. The van der Waals surface area contributed by atoms with Crippen LogP contribution < -0.4 is 0 Å². The minimum absolute atomic E-state index is 0.0744. The monoisotopic (exact) mass is 319 g/mol. The van der Waals surface area contributed by atoms with Gasteiger partial charge in [-0.3, -0.25) is 4.79 Å². The number of fused-ring (bicyclic) bond motifs is 3. The van der Waals surface area contributed by atoms with Crippen molar-refractivity contribution in [3.05, 3.63) is 12.2 Å². The molecule has 0 saturated heterocycles. The maximum atomic E-state index is 12.1. The highest BCUT2D eigenvalue weighted by atomic mass is 16.4. The van der Waals surface area contributed by atoms with Gasteiger partial charge in [0.15, 0.2) is 0 Å². The fourth-order valence-electron chi connectivity index (χ4n) is 7.26. The molecule has 23 heavy (non-hydrogen) atoms. The van der Waals surface area contributed by atoms with E-state index < -0.39 is 11.4 Å². The first-order valence-corrected chi connectivity index (χ1v) is 9.23. The Bertz CT molecular complexity index is 575. The number of allylic oxidation sites excluding steroid dienone is 1. The van der Waals surface area contributed by atoms with Crippen molar-refractivity contribution in [2.45, 2.75) is 58.8 Å². The Morgan fingerprint density at radius 2 is 2.13 bits per heavy atom. The molecule has 3 saturated carbocycles. The first kappa shape index (κ1) is 14.5. The smallest absolute Gasteiger partial charge is 0.313 e. The number of carbonyl (C=O) groups is 1. The third-order valence-corrected chi connectivity index (χ3v) is 8.27. The van der Waals surface area contributed by atoms with E-state index in [1.54, 1.807) is 0 Å². The van der Waals surface area contributed by atoms with Crippen molar-refractivity contribution < 1.29 is 16.4 Å². The summed E-state index contributed by atoms with van der Waals surface area (Å²) >= 11 is 0. The molecular formula is C20H30O3. The summed E-state index contributed by atoms with van der Waals surface area (Å²) in [5, 5.41) is 19.7. The summed E-state index contributed by atoms with van der Waals surface area (Å²) < 4.78 is 8.45. The topological polar surface area (TPSA) is 57.5 Å². The summed E-state index contributed by atoms with van der Waals surface area (Å²) in [6.45, 7) is 2.50. The van der Waals surface area contributed by atoms with Crippen molar-refractivity contribution in [3.63, 3.8) is 0 Å². The molecular weight excluding hydrogens is 288 g/mol. The molecule has 2 N–H and O–H groups in total. The maximum Gasteiger partial charge on any atom is 0.313 e. The number of aliphatic hydroxyl groups is 1. The zero-order valence-corrected chi connectivity index (χ0v) is 14.1. The van der Waals surface area contributed by atoms with Gasteiger partial charge in [0.25, 0.3) is 0 Å². The number of aliphatic hydroxyl groups excluding tert-OH is 1. The Labute approximate surface area is 140 Å². The average molecular weight is 319 g/mol. The van der Waals surface area contributed by atoms with Crippen LogP contribution in [0.4, 0.5) is 0 Å². The summed E-state index contributed by atoms with van der Waals surface area (Å²) in [7, 11) is 0. The van der Waals surface area contributed by atoms with E-state index in [1.165, 1.54) is 6.42 Å². The molecule has 3 fully saturated rings. The van der Waals surface area contributed by atoms with Crippen LogP contribution in [0.15, 0.2) is 12.2 Å². The molecule has 4 aliphatic carbocycles. The highest BCUT2D eigenvalue weighted by Gasteiger charge is 2.64. The van der Waals surface area contributed by atoms with E-state index in [2.05, 4.69) is 6.08 Å². The van der Waals surface area contributed by atoms with Gasteiger partial charge in [-0.1, -0.05) is 19.1 Å². The number of rotatable bonds is 2. The van der Waals surface area contributed by atoms with Crippen LogP contribution in [0.3, 0.4) is 0 Å². The molecule has 0 heterocycles. The number of hydrogen-bond acceptors (Lipinski definition) is 2. The van der Waals surface area contributed by atoms with Gasteiger partial charge in [0.1, 0.15) is 0 Å². The Hall–Kier alpha value is -0.830. The molecule has 0 aromatic heterocycles. The van der Waals surface area contributed by atoms with Gasteiger partial charge in [-0.2, -0.15) is 0 Å². The van der Waals surface area contributed by atoms with Crippen molar-refractivity contribution in [2.24, 2.45) is 39.9 Å². The lowest BCUT2D eigenvalue weighted by Gasteiger charge is -2.62. The third kappa shape index (κ3) is 1.89. The number of carboxylic acids is 1. The van der Waals surface area contributed by atoms with Gasteiger partial charge in [-0.15, -0.1) is 0 Å². The minimum Gasteiger partial charge on any atom is -0.481 e. The van der Waals surface area contributed by atoms with Crippen LogP contribution >= 0.6 is 0 Å². The molecule has 4 aliphatic rings. The largest absolute Gasteiger partial charge is 0.481 e. The molecule has 1 unspecified atom stereocenters. The molecule has 0 amide bonds. The highest BCUT2D eigenvalue weighted by molar-refractivity contribution is 5.77. The molecule has 3 heteroatoms. The molecule has 0 aromatic rings. The molecule has 0 radical (unpaired) electrons. The predicted molar refractivity (Wildman–Crippen MR) is 88.8 cm³/mol. The fraction of sp³-hybridized carbons (Fsp3) is 0.850. The predicted octanol–water partition coefficient (Wildman–Crippen LogP) is 3.87.